The van der Waals surface area contributed by atoms with Crippen molar-refractivity contribution in [2.75, 3.05) is 24.6 Å². The Kier molecular flexibility index (Phi) is 4.30. The van der Waals surface area contributed by atoms with Crippen LogP contribution in [0.1, 0.15) is 25.5 Å². The molecule has 3 heterocycles. The average Bonchev–Trinajstić information content (AvgIpc) is 2.58. The first-order valence-corrected chi connectivity index (χ1v) is 7.91. The van der Waals surface area contributed by atoms with Crippen LogP contribution >= 0.6 is 0 Å². The Bertz CT molecular complexity index is 820. The molecule has 120 valence electrons. The van der Waals surface area contributed by atoms with Crippen LogP contribution in [-0.2, 0) is 11.8 Å². The lowest BCUT2D eigenvalue weighted by atomic mass is 10.1. The van der Waals surface area contributed by atoms with Gasteiger partial charge in [0.05, 0.1) is 17.3 Å². The molecule has 3 rings (SSSR count). The zero-order chi connectivity index (χ0) is 16.4. The molecule has 1 saturated heterocycles. The van der Waals surface area contributed by atoms with Crippen molar-refractivity contribution < 1.29 is 4.74 Å². The van der Waals surface area contributed by atoms with Gasteiger partial charge in [-0.15, -0.1) is 0 Å². The Labute approximate surface area is 134 Å². The number of piperidine rings is 1. The van der Waals surface area contributed by atoms with Gasteiger partial charge in [0.15, 0.2) is 0 Å². The molecule has 1 atom stereocenters. The van der Waals surface area contributed by atoms with E-state index in [0.717, 1.165) is 37.1 Å². The molecule has 0 aliphatic carbocycles. The van der Waals surface area contributed by atoms with E-state index in [1.165, 1.54) is 0 Å². The van der Waals surface area contributed by atoms with Crippen molar-refractivity contribution in [1.82, 2.24) is 9.55 Å². The average molecular weight is 312 g/mol. The van der Waals surface area contributed by atoms with E-state index in [1.54, 1.807) is 29.8 Å². The van der Waals surface area contributed by atoms with Crippen molar-refractivity contribution >= 4 is 16.7 Å². The number of pyridine rings is 2. The Morgan fingerprint density at radius 2 is 2.30 bits per heavy atom. The van der Waals surface area contributed by atoms with Gasteiger partial charge in [-0.1, -0.05) is 0 Å². The number of fused-ring (bicyclic) bond motifs is 1. The molecular formula is C17H20N4O2. The quantitative estimate of drug-likeness (QED) is 0.864. The third-order valence-electron chi connectivity index (χ3n) is 4.30. The van der Waals surface area contributed by atoms with Crippen LogP contribution in [0, 0.1) is 11.3 Å². The van der Waals surface area contributed by atoms with Crippen LogP contribution in [0.15, 0.2) is 23.0 Å². The van der Waals surface area contributed by atoms with E-state index in [1.807, 2.05) is 6.92 Å². The molecular weight excluding hydrogens is 292 g/mol. The predicted octanol–water partition coefficient (Wildman–Crippen LogP) is 1.81. The number of anilines is 1. The van der Waals surface area contributed by atoms with Crippen LogP contribution in [0.2, 0.25) is 0 Å². The van der Waals surface area contributed by atoms with Crippen molar-refractivity contribution in [2.24, 2.45) is 7.05 Å². The van der Waals surface area contributed by atoms with Crippen LogP contribution in [0.4, 0.5) is 5.69 Å². The molecule has 1 fully saturated rings. The van der Waals surface area contributed by atoms with E-state index in [0.29, 0.717) is 17.8 Å². The van der Waals surface area contributed by atoms with Gasteiger partial charge in [-0.05, 0) is 31.9 Å². The maximum atomic E-state index is 12.3. The number of ether oxygens (including phenoxy) is 1. The minimum Gasteiger partial charge on any atom is -0.377 e. The number of nitrogens with zero attached hydrogens (tertiary/aromatic N) is 4. The summed E-state index contributed by atoms with van der Waals surface area (Å²) in [5, 5.41) is 9.12. The number of hydrogen-bond acceptors (Lipinski definition) is 5. The summed E-state index contributed by atoms with van der Waals surface area (Å²) >= 11 is 0. The molecule has 2 aromatic heterocycles. The highest BCUT2D eigenvalue weighted by molar-refractivity contribution is 5.88. The first-order chi connectivity index (χ1) is 11.1. The van der Waals surface area contributed by atoms with Crippen molar-refractivity contribution in [3.8, 4) is 6.07 Å². The number of nitriles is 1. The fraction of sp³-hybridized carbons (Fsp3) is 0.471. The molecule has 1 aliphatic rings. The normalized spacial score (nSPS) is 18.1. The zero-order valence-electron chi connectivity index (χ0n) is 13.5. The van der Waals surface area contributed by atoms with Crippen LogP contribution < -0.4 is 10.5 Å². The van der Waals surface area contributed by atoms with E-state index in [4.69, 9.17) is 10.00 Å². The van der Waals surface area contributed by atoms with E-state index < -0.39 is 0 Å². The Morgan fingerprint density at radius 1 is 1.48 bits per heavy atom. The highest BCUT2D eigenvalue weighted by Crippen LogP contribution is 2.27. The third-order valence-corrected chi connectivity index (χ3v) is 4.30. The molecule has 6 heteroatoms. The molecule has 0 spiro atoms. The van der Waals surface area contributed by atoms with Gasteiger partial charge in [0.25, 0.3) is 5.56 Å². The minimum absolute atomic E-state index is 0.0717. The van der Waals surface area contributed by atoms with Gasteiger partial charge in [-0.3, -0.25) is 4.79 Å². The predicted molar refractivity (Wildman–Crippen MR) is 88.6 cm³/mol. The molecule has 23 heavy (non-hydrogen) atoms. The summed E-state index contributed by atoms with van der Waals surface area (Å²) in [7, 11) is 1.72. The Morgan fingerprint density at radius 3 is 3.04 bits per heavy atom. The van der Waals surface area contributed by atoms with Crippen molar-refractivity contribution in [3.63, 3.8) is 0 Å². The maximum absolute atomic E-state index is 12.3. The van der Waals surface area contributed by atoms with E-state index >= 15 is 0 Å². The van der Waals surface area contributed by atoms with Gasteiger partial charge in [0, 0.05) is 32.8 Å². The number of aromatic nitrogens is 2. The second-order valence-electron chi connectivity index (χ2n) is 5.77. The lowest BCUT2D eigenvalue weighted by molar-refractivity contribution is 0.0527. The molecule has 0 amide bonds. The standard InChI is InChI=1S/C17H20N4O2/c1-3-23-13-5-4-8-21(11-13)15-9-16(22)20(2)14-7-6-12(10-18)19-17(14)15/h6-7,9,13H,3-5,8,11H2,1-2H3. The van der Waals surface area contributed by atoms with Gasteiger partial charge in [0.1, 0.15) is 17.3 Å². The molecule has 1 aliphatic heterocycles. The highest BCUT2D eigenvalue weighted by atomic mass is 16.5. The van der Waals surface area contributed by atoms with Crippen molar-refractivity contribution in [3.05, 3.63) is 34.2 Å². The van der Waals surface area contributed by atoms with E-state index in [2.05, 4.69) is 16.0 Å². The van der Waals surface area contributed by atoms with Crippen molar-refractivity contribution in [1.29, 1.82) is 5.26 Å². The number of rotatable bonds is 3. The molecule has 0 radical (unpaired) electrons. The molecule has 0 N–H and O–H groups in total. The molecule has 0 aromatic carbocycles. The van der Waals surface area contributed by atoms with Gasteiger partial charge in [-0.25, -0.2) is 4.98 Å². The molecule has 1 unspecified atom stereocenters. The number of aryl methyl sites for hydroxylation is 1. The van der Waals surface area contributed by atoms with Gasteiger partial charge in [0.2, 0.25) is 0 Å². The smallest absolute Gasteiger partial charge is 0.252 e. The second-order valence-corrected chi connectivity index (χ2v) is 5.77. The summed E-state index contributed by atoms with van der Waals surface area (Å²) in [5.74, 6) is 0. The number of hydrogen-bond donors (Lipinski definition) is 0. The molecule has 0 bridgehead atoms. The monoisotopic (exact) mass is 312 g/mol. The fourth-order valence-electron chi connectivity index (χ4n) is 3.14. The van der Waals surface area contributed by atoms with Crippen LogP contribution in [-0.4, -0.2) is 35.4 Å². The lowest BCUT2D eigenvalue weighted by Gasteiger charge is -2.34. The minimum atomic E-state index is -0.0717. The summed E-state index contributed by atoms with van der Waals surface area (Å²) in [4.78, 5) is 18.9. The summed E-state index contributed by atoms with van der Waals surface area (Å²) in [6, 6.07) is 7.12. The Hall–Kier alpha value is -2.39. The second kappa shape index (κ2) is 6.39. The first-order valence-electron chi connectivity index (χ1n) is 7.91. The largest absolute Gasteiger partial charge is 0.377 e. The van der Waals surface area contributed by atoms with Gasteiger partial charge < -0.3 is 14.2 Å². The van der Waals surface area contributed by atoms with Crippen LogP contribution in [0.25, 0.3) is 11.0 Å². The topological polar surface area (TPSA) is 71.2 Å². The molecule has 0 saturated carbocycles. The first kappa shape index (κ1) is 15.5. The van der Waals surface area contributed by atoms with Gasteiger partial charge >= 0.3 is 0 Å². The fourth-order valence-corrected chi connectivity index (χ4v) is 3.14. The zero-order valence-corrected chi connectivity index (χ0v) is 13.5. The van der Waals surface area contributed by atoms with Gasteiger partial charge in [-0.2, -0.15) is 5.26 Å². The summed E-state index contributed by atoms with van der Waals surface area (Å²) < 4.78 is 7.31. The van der Waals surface area contributed by atoms with E-state index in [9.17, 15) is 4.79 Å². The summed E-state index contributed by atoms with van der Waals surface area (Å²) in [6.07, 6.45) is 2.22. The Balaban J connectivity index is 2.11. The third kappa shape index (κ3) is 2.92. The summed E-state index contributed by atoms with van der Waals surface area (Å²) in [6.45, 7) is 4.29. The SMILES string of the molecule is CCOC1CCCN(c2cc(=O)n(C)c3ccc(C#N)nc23)C1. The van der Waals surface area contributed by atoms with E-state index in [-0.39, 0.29) is 11.7 Å². The van der Waals surface area contributed by atoms with Crippen LogP contribution in [0.3, 0.4) is 0 Å². The van der Waals surface area contributed by atoms with Crippen molar-refractivity contribution in [2.45, 2.75) is 25.9 Å². The molecule has 6 nitrogen and oxygen atoms in total. The molecule has 2 aromatic rings. The van der Waals surface area contributed by atoms with Crippen LogP contribution in [0.5, 0.6) is 0 Å². The maximum Gasteiger partial charge on any atom is 0.252 e. The lowest BCUT2D eigenvalue weighted by Crippen LogP contribution is -2.40. The summed E-state index contributed by atoms with van der Waals surface area (Å²) in [5.41, 5.74) is 2.52. The highest BCUT2D eigenvalue weighted by Gasteiger charge is 2.23.